The van der Waals surface area contributed by atoms with E-state index < -0.39 is 6.55 Å². The largest absolute Gasteiger partial charge is 0.489 e. The number of fused-ring (bicyclic) bond motifs is 1. The van der Waals surface area contributed by atoms with Crippen LogP contribution in [0.3, 0.4) is 0 Å². The fraction of sp³-hybridized carbons (Fsp3) is 0.333. The molecular formula is C24H25F2N3O3. The van der Waals surface area contributed by atoms with E-state index in [4.69, 9.17) is 9.47 Å². The van der Waals surface area contributed by atoms with Crippen molar-refractivity contribution < 1.29 is 23.0 Å². The Morgan fingerprint density at radius 2 is 2.06 bits per heavy atom. The average Bonchev–Trinajstić information content (AvgIpc) is 3.27. The number of nitrogens with one attached hydrogen (secondary N) is 1. The van der Waals surface area contributed by atoms with Gasteiger partial charge in [0.15, 0.2) is 6.10 Å². The molecular weight excluding hydrogens is 416 g/mol. The highest BCUT2D eigenvalue weighted by Crippen LogP contribution is 2.37. The minimum absolute atomic E-state index is 0.310. The minimum atomic E-state index is -2.67. The number of rotatable bonds is 6. The van der Waals surface area contributed by atoms with Gasteiger partial charge in [0.1, 0.15) is 12.4 Å². The standard InChI is InChI=1S/C24H25F2N3O3/c1-13-17(6-5-7-19(13)23-14(2)28-29(15(23)3)24(25)26)11-27-18-8-9-20-21(10-18)31-12-22(20)32-16(4)30/h5-10,22,24,27H,11-12H2,1-4H3/t22-/m1/s1. The first-order chi connectivity index (χ1) is 15.3. The molecule has 0 radical (unpaired) electrons. The minimum Gasteiger partial charge on any atom is -0.489 e. The summed E-state index contributed by atoms with van der Waals surface area (Å²) >= 11 is 0. The van der Waals surface area contributed by atoms with Crippen LogP contribution in [0.1, 0.15) is 47.7 Å². The lowest BCUT2D eigenvalue weighted by molar-refractivity contribution is -0.147. The number of nitrogens with zero attached hydrogens (tertiary/aromatic N) is 2. The number of aromatic nitrogens is 2. The summed E-state index contributed by atoms with van der Waals surface area (Å²) in [5, 5.41) is 7.40. The van der Waals surface area contributed by atoms with Crippen molar-refractivity contribution in [3.8, 4) is 16.9 Å². The van der Waals surface area contributed by atoms with Crippen LogP contribution in [0.25, 0.3) is 11.1 Å². The molecule has 0 spiro atoms. The number of esters is 1. The molecule has 0 fully saturated rings. The molecule has 168 valence electrons. The molecule has 0 aliphatic carbocycles. The summed E-state index contributed by atoms with van der Waals surface area (Å²) in [7, 11) is 0. The first-order valence-corrected chi connectivity index (χ1v) is 10.4. The van der Waals surface area contributed by atoms with Crippen molar-refractivity contribution in [3.05, 3.63) is 64.5 Å². The predicted molar refractivity (Wildman–Crippen MR) is 117 cm³/mol. The Kier molecular flexibility index (Phi) is 5.86. The van der Waals surface area contributed by atoms with E-state index in [0.717, 1.165) is 38.2 Å². The molecule has 1 aromatic heterocycles. The van der Waals surface area contributed by atoms with Crippen LogP contribution in [0.4, 0.5) is 14.5 Å². The van der Waals surface area contributed by atoms with Gasteiger partial charge in [0, 0.05) is 42.0 Å². The number of hydrogen-bond donors (Lipinski definition) is 1. The van der Waals surface area contributed by atoms with Crippen LogP contribution in [0.2, 0.25) is 0 Å². The number of alkyl halides is 2. The fourth-order valence-corrected chi connectivity index (χ4v) is 4.17. The van der Waals surface area contributed by atoms with Crippen LogP contribution in [0.5, 0.6) is 5.75 Å². The number of carbonyl (C=O) groups excluding carboxylic acids is 1. The van der Waals surface area contributed by atoms with Crippen molar-refractivity contribution >= 4 is 11.7 Å². The summed E-state index contributed by atoms with van der Waals surface area (Å²) in [4.78, 5) is 11.2. The quantitative estimate of drug-likeness (QED) is 0.513. The Bertz CT molecular complexity index is 1170. The maximum atomic E-state index is 13.3. The summed E-state index contributed by atoms with van der Waals surface area (Å²) in [5.74, 6) is 0.353. The zero-order valence-electron chi connectivity index (χ0n) is 18.4. The zero-order valence-corrected chi connectivity index (χ0v) is 18.4. The van der Waals surface area contributed by atoms with Gasteiger partial charge in [0.05, 0.1) is 5.69 Å². The fourth-order valence-electron chi connectivity index (χ4n) is 4.17. The van der Waals surface area contributed by atoms with Gasteiger partial charge in [-0.05, 0) is 49.6 Å². The molecule has 0 bridgehead atoms. The van der Waals surface area contributed by atoms with Crippen LogP contribution >= 0.6 is 0 Å². The molecule has 4 rings (SSSR count). The van der Waals surface area contributed by atoms with Gasteiger partial charge in [-0.25, -0.2) is 4.68 Å². The SMILES string of the molecule is CC(=O)O[C@@H]1COc2cc(NCc3cccc(-c4c(C)nn(C(F)F)c4C)c3C)ccc21. The summed E-state index contributed by atoms with van der Waals surface area (Å²) in [6, 6.07) is 11.6. The van der Waals surface area contributed by atoms with Gasteiger partial charge < -0.3 is 14.8 Å². The average molecular weight is 441 g/mol. The Morgan fingerprint density at radius 1 is 1.28 bits per heavy atom. The lowest BCUT2D eigenvalue weighted by atomic mass is 9.95. The molecule has 1 atom stereocenters. The van der Waals surface area contributed by atoms with Gasteiger partial charge in [-0.3, -0.25) is 4.79 Å². The molecule has 1 N–H and O–H groups in total. The lowest BCUT2D eigenvalue weighted by Crippen LogP contribution is -2.09. The monoisotopic (exact) mass is 441 g/mol. The van der Waals surface area contributed by atoms with Crippen molar-refractivity contribution in [2.75, 3.05) is 11.9 Å². The van der Waals surface area contributed by atoms with Gasteiger partial charge in [-0.2, -0.15) is 13.9 Å². The normalized spacial score (nSPS) is 14.9. The molecule has 3 aromatic rings. The van der Waals surface area contributed by atoms with E-state index in [1.54, 1.807) is 13.8 Å². The molecule has 32 heavy (non-hydrogen) atoms. The molecule has 2 aromatic carbocycles. The number of benzene rings is 2. The van der Waals surface area contributed by atoms with E-state index in [1.807, 2.05) is 43.3 Å². The van der Waals surface area contributed by atoms with Crippen LogP contribution < -0.4 is 10.1 Å². The third-order valence-electron chi connectivity index (χ3n) is 5.77. The van der Waals surface area contributed by atoms with E-state index >= 15 is 0 Å². The van der Waals surface area contributed by atoms with Crippen molar-refractivity contribution in [1.82, 2.24) is 9.78 Å². The Balaban J connectivity index is 1.55. The van der Waals surface area contributed by atoms with Crippen LogP contribution in [0.15, 0.2) is 36.4 Å². The Morgan fingerprint density at radius 3 is 2.75 bits per heavy atom. The summed E-state index contributed by atoms with van der Waals surface area (Å²) in [5.41, 5.74) is 6.44. The smallest absolute Gasteiger partial charge is 0.333 e. The van der Waals surface area contributed by atoms with E-state index in [-0.39, 0.29) is 12.1 Å². The third-order valence-corrected chi connectivity index (χ3v) is 5.77. The van der Waals surface area contributed by atoms with Crippen LogP contribution in [-0.2, 0) is 16.1 Å². The van der Waals surface area contributed by atoms with E-state index in [9.17, 15) is 13.6 Å². The molecule has 0 unspecified atom stereocenters. The first-order valence-electron chi connectivity index (χ1n) is 10.4. The topological polar surface area (TPSA) is 65.4 Å². The number of ether oxygens (including phenoxy) is 2. The number of halogens is 2. The molecule has 2 heterocycles. The second kappa shape index (κ2) is 8.61. The number of anilines is 1. The van der Waals surface area contributed by atoms with Crippen molar-refractivity contribution in [3.63, 3.8) is 0 Å². The highest BCUT2D eigenvalue weighted by Gasteiger charge is 2.27. The van der Waals surface area contributed by atoms with E-state index in [2.05, 4.69) is 10.4 Å². The molecule has 1 aliphatic rings. The molecule has 0 saturated heterocycles. The third kappa shape index (κ3) is 4.04. The van der Waals surface area contributed by atoms with Crippen molar-refractivity contribution in [2.24, 2.45) is 0 Å². The highest BCUT2D eigenvalue weighted by molar-refractivity contribution is 5.73. The maximum Gasteiger partial charge on any atom is 0.333 e. The van der Waals surface area contributed by atoms with Gasteiger partial charge >= 0.3 is 12.5 Å². The summed E-state index contributed by atoms with van der Waals surface area (Å²) in [6.45, 7) is 4.97. The van der Waals surface area contributed by atoms with Gasteiger partial charge in [-0.15, -0.1) is 0 Å². The number of carbonyl (C=O) groups is 1. The van der Waals surface area contributed by atoms with E-state index in [0.29, 0.717) is 30.3 Å². The predicted octanol–water partition coefficient (Wildman–Crippen LogP) is 5.48. The van der Waals surface area contributed by atoms with E-state index in [1.165, 1.54) is 6.92 Å². The summed E-state index contributed by atoms with van der Waals surface area (Å²) < 4.78 is 38.2. The van der Waals surface area contributed by atoms with Crippen LogP contribution in [0, 0.1) is 20.8 Å². The highest BCUT2D eigenvalue weighted by atomic mass is 19.3. The summed E-state index contributed by atoms with van der Waals surface area (Å²) in [6.07, 6.45) is -0.379. The van der Waals surface area contributed by atoms with Gasteiger partial charge in [0.25, 0.3) is 0 Å². The zero-order chi connectivity index (χ0) is 23.0. The molecule has 0 saturated carbocycles. The second-order valence-corrected chi connectivity index (χ2v) is 7.87. The first kappa shape index (κ1) is 21.8. The van der Waals surface area contributed by atoms with Crippen LogP contribution in [-0.4, -0.2) is 22.4 Å². The van der Waals surface area contributed by atoms with Gasteiger partial charge in [0.2, 0.25) is 0 Å². The lowest BCUT2D eigenvalue weighted by Gasteiger charge is -2.14. The molecule has 1 aliphatic heterocycles. The Labute approximate surface area is 185 Å². The number of aryl methyl sites for hydroxylation is 1. The second-order valence-electron chi connectivity index (χ2n) is 7.87. The Hall–Kier alpha value is -3.42. The molecule has 6 nitrogen and oxygen atoms in total. The number of hydrogen-bond acceptors (Lipinski definition) is 5. The molecule has 8 heteroatoms. The maximum absolute atomic E-state index is 13.3. The van der Waals surface area contributed by atoms with Gasteiger partial charge in [-0.1, -0.05) is 18.2 Å². The van der Waals surface area contributed by atoms with Crippen molar-refractivity contribution in [1.29, 1.82) is 0 Å². The molecule has 0 amide bonds. The van der Waals surface area contributed by atoms with Crippen molar-refractivity contribution in [2.45, 2.75) is 46.9 Å².